The Morgan fingerprint density at radius 2 is 1.86 bits per heavy atom. The average Bonchev–Trinajstić information content (AvgIpc) is 3.14. The molecular formula is C20H19ClN2O4S2. The number of anilines is 1. The third-order valence-electron chi connectivity index (χ3n) is 4.91. The Bertz CT molecular complexity index is 1050. The Morgan fingerprint density at radius 1 is 1.17 bits per heavy atom. The van der Waals surface area contributed by atoms with E-state index in [-0.39, 0.29) is 35.1 Å². The van der Waals surface area contributed by atoms with Crippen molar-refractivity contribution in [3.63, 3.8) is 0 Å². The van der Waals surface area contributed by atoms with Crippen LogP contribution in [0.2, 0.25) is 5.02 Å². The van der Waals surface area contributed by atoms with Crippen LogP contribution in [0.5, 0.6) is 5.75 Å². The largest absolute Gasteiger partial charge is 0.497 e. The van der Waals surface area contributed by atoms with Crippen molar-refractivity contribution in [3.8, 4) is 5.75 Å². The third kappa shape index (κ3) is 4.44. The zero-order valence-corrected chi connectivity index (χ0v) is 18.0. The van der Waals surface area contributed by atoms with Crippen LogP contribution in [0.25, 0.3) is 0 Å². The fourth-order valence-corrected chi connectivity index (χ4v) is 7.59. The molecule has 0 saturated carbocycles. The molecular weight excluding hydrogens is 432 g/mol. The zero-order valence-electron chi connectivity index (χ0n) is 15.6. The molecule has 2 aliphatic rings. The van der Waals surface area contributed by atoms with Gasteiger partial charge in [-0.1, -0.05) is 35.5 Å². The average molecular weight is 451 g/mol. The van der Waals surface area contributed by atoms with Gasteiger partial charge in [0.05, 0.1) is 31.1 Å². The lowest BCUT2D eigenvalue weighted by atomic mass is 10.1. The van der Waals surface area contributed by atoms with Crippen LogP contribution >= 0.6 is 23.4 Å². The quantitative estimate of drug-likeness (QED) is 0.712. The van der Waals surface area contributed by atoms with Crippen LogP contribution in [0, 0.1) is 0 Å². The number of ether oxygens (including phenoxy) is 1. The van der Waals surface area contributed by atoms with Crippen LogP contribution in [-0.2, 0) is 21.1 Å². The van der Waals surface area contributed by atoms with E-state index in [9.17, 15) is 13.2 Å². The molecule has 0 aliphatic carbocycles. The van der Waals surface area contributed by atoms with E-state index in [2.05, 4.69) is 4.99 Å². The van der Waals surface area contributed by atoms with Gasteiger partial charge in [0, 0.05) is 16.0 Å². The maximum absolute atomic E-state index is 12.6. The molecule has 0 spiro atoms. The number of thioether (sulfide) groups is 1. The fourth-order valence-electron chi connectivity index (χ4n) is 3.53. The molecule has 9 heteroatoms. The van der Waals surface area contributed by atoms with Crippen molar-refractivity contribution in [1.82, 2.24) is 0 Å². The molecule has 2 atom stereocenters. The summed E-state index contributed by atoms with van der Waals surface area (Å²) in [6.07, 6.45) is 0.158. The Balaban J connectivity index is 1.62. The summed E-state index contributed by atoms with van der Waals surface area (Å²) in [5, 5.41) is 1.02. The van der Waals surface area contributed by atoms with Crippen molar-refractivity contribution in [2.45, 2.75) is 17.7 Å². The molecule has 0 N–H and O–H groups in total. The second-order valence-electron chi connectivity index (χ2n) is 6.96. The van der Waals surface area contributed by atoms with Gasteiger partial charge in [-0.25, -0.2) is 8.42 Å². The maximum Gasteiger partial charge on any atom is 0.252 e. The molecule has 2 fully saturated rings. The maximum atomic E-state index is 12.6. The number of halogens is 1. The number of amidine groups is 1. The topological polar surface area (TPSA) is 76.0 Å². The van der Waals surface area contributed by atoms with Gasteiger partial charge < -0.3 is 9.64 Å². The molecule has 2 aliphatic heterocycles. The minimum absolute atomic E-state index is 0.0566. The minimum atomic E-state index is -3.10. The number of amides is 1. The van der Waals surface area contributed by atoms with Gasteiger partial charge in [0.25, 0.3) is 5.91 Å². The van der Waals surface area contributed by atoms with Gasteiger partial charge in [0.2, 0.25) is 0 Å². The number of hydrogen-bond acceptors (Lipinski definition) is 5. The molecule has 0 aromatic heterocycles. The number of sulfone groups is 1. The SMILES string of the molecule is COc1ccc(N2C(=NC(=O)Cc3ccc(Cl)cc3)S[C@@H]3CS(=O)(=O)C[C@@H]32)cc1. The second kappa shape index (κ2) is 8.01. The summed E-state index contributed by atoms with van der Waals surface area (Å²) < 4.78 is 29.5. The second-order valence-corrected chi connectivity index (χ2v) is 10.8. The Labute approximate surface area is 178 Å². The third-order valence-corrected chi connectivity index (χ3v) is 8.37. The highest BCUT2D eigenvalue weighted by Crippen LogP contribution is 2.41. The number of benzene rings is 2. The van der Waals surface area contributed by atoms with Crippen molar-refractivity contribution < 1.29 is 17.9 Å². The molecule has 2 aromatic rings. The van der Waals surface area contributed by atoms with Crippen molar-refractivity contribution in [2.75, 3.05) is 23.5 Å². The van der Waals surface area contributed by atoms with Crippen LogP contribution in [0.15, 0.2) is 53.5 Å². The monoisotopic (exact) mass is 450 g/mol. The summed E-state index contributed by atoms with van der Waals surface area (Å²) in [6, 6.07) is 14.2. The number of rotatable bonds is 4. The van der Waals surface area contributed by atoms with Crippen LogP contribution < -0.4 is 9.64 Å². The number of carbonyl (C=O) groups is 1. The normalized spacial score (nSPS) is 23.9. The minimum Gasteiger partial charge on any atom is -0.497 e. The summed E-state index contributed by atoms with van der Waals surface area (Å²) in [4.78, 5) is 18.8. The smallest absolute Gasteiger partial charge is 0.252 e. The van der Waals surface area contributed by atoms with Crippen molar-refractivity contribution in [3.05, 3.63) is 59.1 Å². The van der Waals surface area contributed by atoms with Gasteiger partial charge in [0.1, 0.15) is 5.75 Å². The van der Waals surface area contributed by atoms with Crippen LogP contribution in [0.4, 0.5) is 5.69 Å². The molecule has 152 valence electrons. The highest BCUT2D eigenvalue weighted by Gasteiger charge is 2.49. The Hall–Kier alpha value is -2.03. The van der Waals surface area contributed by atoms with Gasteiger partial charge in [-0.3, -0.25) is 4.79 Å². The van der Waals surface area contributed by atoms with E-state index in [4.69, 9.17) is 16.3 Å². The molecule has 0 unspecified atom stereocenters. The first-order valence-electron chi connectivity index (χ1n) is 9.01. The number of aliphatic imine (C=N–C) groups is 1. The number of methoxy groups -OCH3 is 1. The molecule has 29 heavy (non-hydrogen) atoms. The standard InChI is InChI=1S/C20H19ClN2O4S2/c1-27-16-8-6-15(7-9-16)23-17-11-29(25,26)12-18(17)28-20(23)22-19(24)10-13-2-4-14(21)5-3-13/h2-9,17-18H,10-12H2,1H3/t17-,18+/m0/s1. The lowest BCUT2D eigenvalue weighted by Crippen LogP contribution is -2.37. The zero-order chi connectivity index (χ0) is 20.6. The van der Waals surface area contributed by atoms with Crippen LogP contribution in [-0.4, -0.2) is 49.4 Å². The van der Waals surface area contributed by atoms with E-state index in [1.54, 1.807) is 31.4 Å². The van der Waals surface area contributed by atoms with E-state index in [1.165, 1.54) is 11.8 Å². The number of hydrogen-bond donors (Lipinski definition) is 0. The molecule has 6 nitrogen and oxygen atoms in total. The van der Waals surface area contributed by atoms with Crippen LogP contribution in [0.3, 0.4) is 0 Å². The van der Waals surface area contributed by atoms with Crippen molar-refractivity contribution in [2.24, 2.45) is 4.99 Å². The first kappa shape index (κ1) is 20.3. The van der Waals surface area contributed by atoms with Gasteiger partial charge in [-0.05, 0) is 42.0 Å². The molecule has 0 radical (unpaired) electrons. The van der Waals surface area contributed by atoms with E-state index in [0.29, 0.717) is 15.9 Å². The van der Waals surface area contributed by atoms with Gasteiger partial charge in [0.15, 0.2) is 15.0 Å². The van der Waals surface area contributed by atoms with Crippen molar-refractivity contribution >= 4 is 50.0 Å². The Kier molecular flexibility index (Phi) is 5.59. The van der Waals surface area contributed by atoms with E-state index >= 15 is 0 Å². The first-order chi connectivity index (χ1) is 13.8. The number of fused-ring (bicyclic) bond motifs is 1. The van der Waals surface area contributed by atoms with E-state index < -0.39 is 9.84 Å². The molecule has 1 amide bonds. The molecule has 2 heterocycles. The predicted octanol–water partition coefficient (Wildman–Crippen LogP) is 3.19. The Morgan fingerprint density at radius 3 is 2.52 bits per heavy atom. The summed E-state index contributed by atoms with van der Waals surface area (Å²) >= 11 is 7.25. The summed E-state index contributed by atoms with van der Waals surface area (Å²) in [7, 11) is -1.52. The fraction of sp³-hybridized carbons (Fsp3) is 0.300. The first-order valence-corrected chi connectivity index (χ1v) is 12.1. The summed E-state index contributed by atoms with van der Waals surface area (Å²) in [6.45, 7) is 0. The molecule has 2 saturated heterocycles. The van der Waals surface area contributed by atoms with E-state index in [1.807, 2.05) is 29.2 Å². The van der Waals surface area contributed by atoms with Gasteiger partial charge in [-0.15, -0.1) is 0 Å². The van der Waals surface area contributed by atoms with Crippen LogP contribution in [0.1, 0.15) is 5.56 Å². The lowest BCUT2D eigenvalue weighted by Gasteiger charge is -2.24. The highest BCUT2D eigenvalue weighted by molar-refractivity contribution is 8.16. The van der Waals surface area contributed by atoms with Gasteiger partial charge >= 0.3 is 0 Å². The lowest BCUT2D eigenvalue weighted by molar-refractivity contribution is -0.117. The van der Waals surface area contributed by atoms with Crippen molar-refractivity contribution in [1.29, 1.82) is 0 Å². The van der Waals surface area contributed by atoms with Gasteiger partial charge in [-0.2, -0.15) is 4.99 Å². The number of carbonyl (C=O) groups excluding carboxylic acids is 1. The molecule has 2 aromatic carbocycles. The number of nitrogens with zero attached hydrogens (tertiary/aromatic N) is 2. The highest BCUT2D eigenvalue weighted by atomic mass is 35.5. The molecule has 0 bridgehead atoms. The van der Waals surface area contributed by atoms with E-state index in [0.717, 1.165) is 11.3 Å². The summed E-state index contributed by atoms with van der Waals surface area (Å²) in [5.41, 5.74) is 1.62. The molecule has 4 rings (SSSR count). The predicted molar refractivity (Wildman–Crippen MR) is 117 cm³/mol. The summed E-state index contributed by atoms with van der Waals surface area (Å²) in [5.74, 6) is 0.574.